The van der Waals surface area contributed by atoms with Crippen LogP contribution in [0.15, 0.2) is 0 Å². The molecule has 0 spiro atoms. The van der Waals surface area contributed by atoms with E-state index < -0.39 is 20.3 Å². The first-order valence-corrected chi connectivity index (χ1v) is 2.19. The van der Waals surface area contributed by atoms with E-state index in [1.165, 1.54) is 0 Å². The van der Waals surface area contributed by atoms with Gasteiger partial charge in [0, 0.05) is 0 Å². The largest absolute Gasteiger partial charge is 3.00 e. The summed E-state index contributed by atoms with van der Waals surface area (Å²) in [4.78, 5) is 33.0. The molecule has 0 radical (unpaired) electrons. The summed E-state index contributed by atoms with van der Waals surface area (Å²) < 4.78 is 0. The third-order valence-electron chi connectivity index (χ3n) is 0. The zero-order valence-electron chi connectivity index (χ0n) is 7.57. The summed E-state index contributed by atoms with van der Waals surface area (Å²) in [6, 6.07) is 0. The van der Waals surface area contributed by atoms with E-state index in [1.807, 2.05) is 0 Å². The average Bonchev–Trinajstić information content (AvgIpc) is 1.76. The van der Waals surface area contributed by atoms with Crippen LogP contribution in [0.5, 0.6) is 0 Å². The quantitative estimate of drug-likeness (QED) is 0.226. The zero-order valence-corrected chi connectivity index (χ0v) is 12.3. The van der Waals surface area contributed by atoms with Crippen molar-refractivity contribution in [2.75, 3.05) is 0 Å². The van der Waals surface area contributed by atoms with Gasteiger partial charge in [0.15, 0.2) is 0 Å². The van der Waals surface area contributed by atoms with Crippen molar-refractivity contribution in [3.05, 3.63) is 61.3 Å². The second-order valence-corrected chi connectivity index (χ2v) is 0.894. The van der Waals surface area contributed by atoms with Crippen LogP contribution < -0.4 is 0 Å². The van der Waals surface area contributed by atoms with Crippen molar-refractivity contribution in [1.82, 2.24) is 0 Å². The Morgan fingerprint density at radius 3 is 0.444 bits per heavy atom. The van der Waals surface area contributed by atoms with Crippen LogP contribution in [0.1, 0.15) is 0 Å². The van der Waals surface area contributed by atoms with Crippen molar-refractivity contribution < 1.29 is 42.7 Å². The summed E-state index contributed by atoms with van der Waals surface area (Å²) in [6.45, 7) is 0. The monoisotopic (exact) mass is 470 g/mol. The zero-order chi connectivity index (χ0) is 14.3. The molecule has 0 amide bonds. The predicted molar refractivity (Wildman–Crippen MR) is 47.2 cm³/mol. The Hall–Kier alpha value is -1.59. The molecule has 0 aromatic rings. The van der Waals surface area contributed by atoms with Gasteiger partial charge in [-0.2, -0.15) is 0 Å². The fraction of sp³-hybridized carbons (Fsp3) is 0. The molecule has 0 atom stereocenters. The predicted octanol–water partition coefficient (Wildman–Crippen LogP) is -1.34. The maximum atomic E-state index is 8.25. The Morgan fingerprint density at radius 1 is 0.444 bits per heavy atom. The van der Waals surface area contributed by atoms with Crippen LogP contribution in [-0.2, 0) is 22.4 Å². The van der Waals surface area contributed by atoms with Crippen LogP contribution in [-0.4, -0.2) is 46.2 Å². The molecule has 0 aliphatic rings. The SMILES string of the molecule is O=[N+]([O-])[O-].O=[N+]([O-])[O-].O=[N+]([O-])[O-].O=[N+]([O-])[O-].[Ag+].[In+3]. The van der Waals surface area contributed by atoms with Crippen molar-refractivity contribution in [1.29, 1.82) is 0 Å². The standard InChI is InChI=1S/Ag.In.4NO3/c;;4*2-1(3)4/q+1;+3;4*-1. The Bertz CT molecular complexity index is 164. The van der Waals surface area contributed by atoms with Crippen LogP contribution in [0.2, 0.25) is 0 Å². The summed E-state index contributed by atoms with van der Waals surface area (Å²) in [5.41, 5.74) is 0. The molecular formula is AgInN4O12. The summed E-state index contributed by atoms with van der Waals surface area (Å²) in [5.74, 6) is 0. The third kappa shape index (κ3) is 1030. The van der Waals surface area contributed by atoms with Crippen molar-refractivity contribution in [3.8, 4) is 0 Å². The fourth-order valence-corrected chi connectivity index (χ4v) is 0. The maximum Gasteiger partial charge on any atom is 3.00 e. The molecule has 16 nitrogen and oxygen atoms in total. The molecule has 18 heavy (non-hydrogen) atoms. The summed E-state index contributed by atoms with van der Waals surface area (Å²) in [5, 5.41) is 59.0. The molecule has 0 heterocycles. The number of nitrogens with zero attached hydrogens (tertiary/aromatic N) is 4. The first-order valence-electron chi connectivity index (χ1n) is 2.19. The number of hydrogen-bond donors (Lipinski definition) is 0. The molecular weight excluding hydrogens is 471 g/mol. The van der Waals surface area contributed by atoms with Gasteiger partial charge < -0.3 is 61.3 Å². The van der Waals surface area contributed by atoms with Gasteiger partial charge >= 0.3 is 48.2 Å². The first kappa shape index (κ1) is 36.0. The molecule has 0 saturated carbocycles. The normalized spacial score (nSPS) is 5.33. The second-order valence-electron chi connectivity index (χ2n) is 0.894. The maximum absolute atomic E-state index is 8.25. The van der Waals surface area contributed by atoms with Crippen LogP contribution in [0.25, 0.3) is 0 Å². The smallest absolute Gasteiger partial charge is 0.356 e. The van der Waals surface area contributed by atoms with Crippen LogP contribution in [0.3, 0.4) is 0 Å². The topological polar surface area (TPSA) is 265 Å². The van der Waals surface area contributed by atoms with E-state index in [1.54, 1.807) is 0 Å². The van der Waals surface area contributed by atoms with Gasteiger partial charge in [-0.05, 0) is 0 Å². The van der Waals surface area contributed by atoms with Crippen LogP contribution in [0, 0.1) is 61.3 Å². The fourth-order valence-electron chi connectivity index (χ4n) is 0. The molecule has 0 fully saturated rings. The Labute approximate surface area is 130 Å². The number of rotatable bonds is 0. The van der Waals surface area contributed by atoms with E-state index in [-0.39, 0.29) is 48.2 Å². The third-order valence-corrected chi connectivity index (χ3v) is 0. The van der Waals surface area contributed by atoms with E-state index in [2.05, 4.69) is 0 Å². The van der Waals surface area contributed by atoms with Gasteiger partial charge in [-0.3, -0.25) is 0 Å². The molecule has 0 aromatic heterocycles. The van der Waals surface area contributed by atoms with Gasteiger partial charge in [0.2, 0.25) is 0 Å². The van der Waals surface area contributed by atoms with Gasteiger partial charge in [-0.25, -0.2) is 0 Å². The molecule has 0 aliphatic heterocycles. The first-order chi connectivity index (χ1) is 6.93. The minimum atomic E-state index is -1.75. The average molecular weight is 471 g/mol. The molecule has 0 aliphatic carbocycles. The molecule has 0 N–H and O–H groups in total. The minimum Gasteiger partial charge on any atom is -0.356 e. The molecule has 0 aromatic carbocycles. The molecule has 0 rings (SSSR count). The van der Waals surface area contributed by atoms with Crippen LogP contribution >= 0.6 is 0 Å². The van der Waals surface area contributed by atoms with E-state index >= 15 is 0 Å². The Kier molecular flexibility index (Phi) is 59.0. The summed E-state index contributed by atoms with van der Waals surface area (Å²) >= 11 is 0. The van der Waals surface area contributed by atoms with Gasteiger partial charge in [0.1, 0.15) is 0 Å². The van der Waals surface area contributed by atoms with Crippen molar-refractivity contribution in [3.63, 3.8) is 0 Å². The van der Waals surface area contributed by atoms with Gasteiger partial charge in [0.05, 0.1) is 20.3 Å². The molecule has 106 valence electrons. The van der Waals surface area contributed by atoms with E-state index in [0.717, 1.165) is 0 Å². The second kappa shape index (κ2) is 29.5. The Morgan fingerprint density at radius 2 is 0.444 bits per heavy atom. The summed E-state index contributed by atoms with van der Waals surface area (Å²) in [6.07, 6.45) is 0. The molecule has 0 unspecified atom stereocenters. The van der Waals surface area contributed by atoms with Gasteiger partial charge in [0.25, 0.3) is 0 Å². The van der Waals surface area contributed by atoms with E-state index in [0.29, 0.717) is 0 Å². The number of hydrogen-bond acceptors (Lipinski definition) is 12. The van der Waals surface area contributed by atoms with Crippen LogP contribution in [0.4, 0.5) is 0 Å². The van der Waals surface area contributed by atoms with E-state index in [9.17, 15) is 0 Å². The minimum absolute atomic E-state index is 0. The van der Waals surface area contributed by atoms with Crippen molar-refractivity contribution >= 4 is 25.8 Å². The molecule has 0 bridgehead atoms. The molecule has 18 heteroatoms. The van der Waals surface area contributed by atoms with Crippen molar-refractivity contribution in [2.45, 2.75) is 0 Å². The Balaban J connectivity index is -0.0000000257. The van der Waals surface area contributed by atoms with E-state index in [4.69, 9.17) is 61.3 Å². The van der Waals surface area contributed by atoms with Gasteiger partial charge in [-0.15, -0.1) is 0 Å². The summed E-state index contributed by atoms with van der Waals surface area (Å²) in [7, 11) is 0. The van der Waals surface area contributed by atoms with Crippen molar-refractivity contribution in [2.24, 2.45) is 0 Å². The van der Waals surface area contributed by atoms with Gasteiger partial charge in [-0.1, -0.05) is 0 Å². The molecule has 0 saturated heterocycles.